The fourth-order valence-electron chi connectivity index (χ4n) is 2.92. The molecule has 1 aromatic rings. The van der Waals surface area contributed by atoms with Gasteiger partial charge in [0.1, 0.15) is 5.54 Å². The first-order valence-corrected chi connectivity index (χ1v) is 7.94. The molecule has 2 N–H and O–H groups in total. The van der Waals surface area contributed by atoms with Gasteiger partial charge in [0, 0.05) is 4.90 Å². The molecule has 2 unspecified atom stereocenters. The molecule has 1 saturated carbocycles. The van der Waals surface area contributed by atoms with E-state index in [0.717, 1.165) is 31.4 Å². The molecule has 0 bridgehead atoms. The van der Waals surface area contributed by atoms with Gasteiger partial charge in [0.25, 0.3) is 0 Å². The molecule has 102 valence electrons. The maximum atomic E-state index is 9.20. The lowest BCUT2D eigenvalue weighted by Crippen LogP contribution is -2.41. The highest BCUT2D eigenvalue weighted by Crippen LogP contribution is 2.37. The molecular formula is C16H22N2S. The van der Waals surface area contributed by atoms with Crippen molar-refractivity contribution in [2.45, 2.75) is 50.0 Å². The van der Waals surface area contributed by atoms with Crippen LogP contribution in [0.15, 0.2) is 23.1 Å². The van der Waals surface area contributed by atoms with Crippen molar-refractivity contribution < 1.29 is 0 Å². The molecule has 2 nitrogen and oxygen atoms in total. The first-order chi connectivity index (χ1) is 9.05. The standard InChI is InChI=1S/C16H22N2S/c1-12-5-6-15(13(2)10-12)19-9-7-14-4-3-8-16(14,18)11-17/h5-6,10,14H,3-4,7-9,18H2,1-2H3. The number of rotatable bonds is 4. The van der Waals surface area contributed by atoms with Crippen molar-refractivity contribution in [3.8, 4) is 6.07 Å². The molecule has 1 aliphatic carbocycles. The zero-order chi connectivity index (χ0) is 13.9. The van der Waals surface area contributed by atoms with Crippen molar-refractivity contribution >= 4 is 11.8 Å². The van der Waals surface area contributed by atoms with Crippen LogP contribution in [0.1, 0.15) is 36.8 Å². The van der Waals surface area contributed by atoms with E-state index in [0.29, 0.717) is 5.92 Å². The molecule has 3 heteroatoms. The van der Waals surface area contributed by atoms with Gasteiger partial charge in [0.2, 0.25) is 0 Å². The van der Waals surface area contributed by atoms with Crippen molar-refractivity contribution in [2.24, 2.45) is 11.7 Å². The molecule has 1 aromatic carbocycles. The zero-order valence-corrected chi connectivity index (χ0v) is 12.6. The Labute approximate surface area is 120 Å². The third-order valence-electron chi connectivity index (χ3n) is 4.13. The van der Waals surface area contributed by atoms with E-state index in [1.54, 1.807) is 0 Å². The Morgan fingerprint density at radius 1 is 1.47 bits per heavy atom. The third-order valence-corrected chi connectivity index (χ3v) is 5.34. The molecule has 0 amide bonds. The van der Waals surface area contributed by atoms with Gasteiger partial charge in [-0.2, -0.15) is 5.26 Å². The van der Waals surface area contributed by atoms with Gasteiger partial charge in [-0.1, -0.05) is 24.1 Å². The molecule has 1 aliphatic rings. The number of nitrogens with two attached hydrogens (primary N) is 1. The number of hydrogen-bond donors (Lipinski definition) is 1. The maximum absolute atomic E-state index is 9.20. The normalized spacial score (nSPS) is 26.3. The summed E-state index contributed by atoms with van der Waals surface area (Å²) >= 11 is 1.89. The van der Waals surface area contributed by atoms with E-state index >= 15 is 0 Å². The minimum atomic E-state index is -0.567. The monoisotopic (exact) mass is 274 g/mol. The Morgan fingerprint density at radius 2 is 2.26 bits per heavy atom. The van der Waals surface area contributed by atoms with Crippen molar-refractivity contribution in [1.29, 1.82) is 5.26 Å². The van der Waals surface area contributed by atoms with E-state index in [2.05, 4.69) is 38.1 Å². The van der Waals surface area contributed by atoms with Crippen molar-refractivity contribution in [2.75, 3.05) is 5.75 Å². The number of benzene rings is 1. The topological polar surface area (TPSA) is 49.8 Å². The lowest BCUT2D eigenvalue weighted by molar-refractivity contribution is 0.389. The molecule has 2 atom stereocenters. The Morgan fingerprint density at radius 3 is 2.95 bits per heavy atom. The molecule has 0 aliphatic heterocycles. The van der Waals surface area contributed by atoms with Gasteiger partial charge >= 0.3 is 0 Å². The summed E-state index contributed by atoms with van der Waals surface area (Å²) < 4.78 is 0. The quantitative estimate of drug-likeness (QED) is 0.849. The molecule has 2 rings (SSSR count). The van der Waals surface area contributed by atoms with Crippen LogP contribution in [-0.2, 0) is 0 Å². The van der Waals surface area contributed by atoms with E-state index in [9.17, 15) is 5.26 Å². The predicted molar refractivity (Wildman–Crippen MR) is 81.1 cm³/mol. The van der Waals surface area contributed by atoms with Gasteiger partial charge in [0.05, 0.1) is 6.07 Å². The number of aryl methyl sites for hydroxylation is 2. The smallest absolute Gasteiger partial charge is 0.107 e. The summed E-state index contributed by atoms with van der Waals surface area (Å²) in [6.45, 7) is 4.28. The van der Waals surface area contributed by atoms with Crippen LogP contribution in [0.25, 0.3) is 0 Å². The molecule has 0 spiro atoms. The molecular weight excluding hydrogens is 252 g/mol. The van der Waals surface area contributed by atoms with E-state index < -0.39 is 5.54 Å². The summed E-state index contributed by atoms with van der Waals surface area (Å²) in [7, 11) is 0. The maximum Gasteiger partial charge on any atom is 0.107 e. The van der Waals surface area contributed by atoms with Gasteiger partial charge < -0.3 is 5.73 Å². The Kier molecular flexibility index (Phi) is 4.54. The van der Waals surface area contributed by atoms with E-state index in [1.807, 2.05) is 11.8 Å². The van der Waals surface area contributed by atoms with E-state index in [-0.39, 0.29) is 0 Å². The second-order valence-electron chi connectivity index (χ2n) is 5.65. The fourth-order valence-corrected chi connectivity index (χ4v) is 4.00. The third kappa shape index (κ3) is 3.32. The van der Waals surface area contributed by atoms with Crippen LogP contribution in [-0.4, -0.2) is 11.3 Å². The second kappa shape index (κ2) is 5.98. The highest BCUT2D eigenvalue weighted by atomic mass is 32.2. The summed E-state index contributed by atoms with van der Waals surface area (Å²) in [4.78, 5) is 1.35. The number of nitrogens with zero attached hydrogens (tertiary/aromatic N) is 1. The van der Waals surface area contributed by atoms with Crippen LogP contribution >= 0.6 is 11.8 Å². The lowest BCUT2D eigenvalue weighted by Gasteiger charge is -2.23. The van der Waals surface area contributed by atoms with Crippen LogP contribution in [0.2, 0.25) is 0 Å². The Hall–Kier alpha value is -0.980. The van der Waals surface area contributed by atoms with Gasteiger partial charge in [-0.05, 0) is 56.4 Å². The highest BCUT2D eigenvalue weighted by Gasteiger charge is 2.39. The first kappa shape index (κ1) is 14.4. The Balaban J connectivity index is 1.89. The molecule has 0 saturated heterocycles. The predicted octanol–water partition coefficient (Wildman–Crippen LogP) is 3.81. The van der Waals surface area contributed by atoms with Gasteiger partial charge in [-0.3, -0.25) is 0 Å². The fraction of sp³-hybridized carbons (Fsp3) is 0.562. The average Bonchev–Trinajstić information content (AvgIpc) is 2.74. The average molecular weight is 274 g/mol. The minimum absolute atomic E-state index is 0.371. The van der Waals surface area contributed by atoms with Crippen LogP contribution in [0, 0.1) is 31.1 Å². The summed E-state index contributed by atoms with van der Waals surface area (Å²) in [5.74, 6) is 1.42. The number of thioether (sulfide) groups is 1. The highest BCUT2D eigenvalue weighted by molar-refractivity contribution is 7.99. The van der Waals surface area contributed by atoms with Gasteiger partial charge in [0.15, 0.2) is 0 Å². The van der Waals surface area contributed by atoms with Crippen LogP contribution in [0.4, 0.5) is 0 Å². The van der Waals surface area contributed by atoms with Gasteiger partial charge in [-0.25, -0.2) is 0 Å². The second-order valence-corrected chi connectivity index (χ2v) is 6.78. The largest absolute Gasteiger partial charge is 0.313 e. The molecule has 0 radical (unpaired) electrons. The van der Waals surface area contributed by atoms with Crippen LogP contribution in [0.3, 0.4) is 0 Å². The molecule has 1 fully saturated rings. The number of nitriles is 1. The summed E-state index contributed by atoms with van der Waals surface area (Å²) in [5.41, 5.74) is 8.25. The number of hydrogen-bond acceptors (Lipinski definition) is 3. The molecule has 19 heavy (non-hydrogen) atoms. The summed E-state index contributed by atoms with van der Waals surface area (Å²) in [6, 6.07) is 8.91. The van der Waals surface area contributed by atoms with Crippen LogP contribution in [0.5, 0.6) is 0 Å². The summed E-state index contributed by atoms with van der Waals surface area (Å²) in [6.07, 6.45) is 4.12. The lowest BCUT2D eigenvalue weighted by atomic mass is 9.88. The van der Waals surface area contributed by atoms with Crippen molar-refractivity contribution in [3.63, 3.8) is 0 Å². The van der Waals surface area contributed by atoms with E-state index in [4.69, 9.17) is 5.73 Å². The molecule has 0 aromatic heterocycles. The zero-order valence-electron chi connectivity index (χ0n) is 11.8. The van der Waals surface area contributed by atoms with E-state index in [1.165, 1.54) is 16.0 Å². The van der Waals surface area contributed by atoms with Gasteiger partial charge in [-0.15, -0.1) is 11.8 Å². The Bertz CT molecular complexity index is 492. The summed E-state index contributed by atoms with van der Waals surface area (Å²) in [5, 5.41) is 9.20. The first-order valence-electron chi connectivity index (χ1n) is 6.95. The van der Waals surface area contributed by atoms with Crippen LogP contribution < -0.4 is 5.73 Å². The SMILES string of the molecule is Cc1ccc(SCCC2CCCC2(N)C#N)c(C)c1. The van der Waals surface area contributed by atoms with Crippen molar-refractivity contribution in [1.82, 2.24) is 0 Å². The minimum Gasteiger partial charge on any atom is -0.313 e. The molecule has 0 heterocycles. The van der Waals surface area contributed by atoms with Crippen molar-refractivity contribution in [3.05, 3.63) is 29.3 Å².